The van der Waals surface area contributed by atoms with Crippen molar-refractivity contribution in [3.8, 4) is 0 Å². The topological polar surface area (TPSA) is 63.6 Å². The summed E-state index contributed by atoms with van der Waals surface area (Å²) in [4.78, 5) is 22.7. The third-order valence-corrected chi connectivity index (χ3v) is 5.18. The molecule has 0 aliphatic heterocycles. The molecule has 2 saturated carbocycles. The minimum atomic E-state index is -0.630. The van der Waals surface area contributed by atoms with Crippen LogP contribution in [0.15, 0.2) is 0 Å². The largest absolute Gasteiger partial charge is 0.481 e. The number of esters is 1. The van der Waals surface area contributed by atoms with Crippen molar-refractivity contribution >= 4 is 11.9 Å². The van der Waals surface area contributed by atoms with Crippen molar-refractivity contribution in [1.82, 2.24) is 0 Å². The van der Waals surface area contributed by atoms with Crippen LogP contribution in [0.4, 0.5) is 0 Å². The number of carboxylic acids is 1. The summed E-state index contributed by atoms with van der Waals surface area (Å²) < 4.78 is 5.10. The third-order valence-electron chi connectivity index (χ3n) is 5.18. The summed E-state index contributed by atoms with van der Waals surface area (Å²) in [6, 6.07) is 0. The lowest BCUT2D eigenvalue weighted by atomic mass is 9.69. The Bertz CT molecular complexity index is 336. The number of ether oxygens (including phenoxy) is 1. The second-order valence-electron chi connectivity index (χ2n) is 6.31. The summed E-state index contributed by atoms with van der Waals surface area (Å²) in [5, 5.41) is 9.03. The van der Waals surface area contributed by atoms with E-state index < -0.39 is 5.97 Å². The smallest absolute Gasteiger partial charge is 0.308 e. The van der Waals surface area contributed by atoms with Crippen molar-refractivity contribution in [2.45, 2.75) is 58.3 Å². The van der Waals surface area contributed by atoms with E-state index in [-0.39, 0.29) is 17.8 Å². The van der Waals surface area contributed by atoms with Crippen molar-refractivity contribution in [3.63, 3.8) is 0 Å². The first-order valence-electron chi connectivity index (χ1n) is 8.01. The zero-order chi connectivity index (χ0) is 14.5. The molecule has 4 heteroatoms. The average molecular weight is 282 g/mol. The fourth-order valence-electron chi connectivity index (χ4n) is 3.92. The number of hydrogen-bond acceptors (Lipinski definition) is 3. The van der Waals surface area contributed by atoms with Gasteiger partial charge in [-0.1, -0.05) is 0 Å². The van der Waals surface area contributed by atoms with Crippen LogP contribution in [0, 0.1) is 23.7 Å². The molecule has 0 atom stereocenters. The Morgan fingerprint density at radius 2 is 1.35 bits per heavy atom. The van der Waals surface area contributed by atoms with Crippen LogP contribution in [0.5, 0.6) is 0 Å². The Kier molecular flexibility index (Phi) is 5.44. The molecule has 0 bridgehead atoms. The molecule has 0 heterocycles. The van der Waals surface area contributed by atoms with Gasteiger partial charge in [-0.2, -0.15) is 0 Å². The third kappa shape index (κ3) is 3.74. The normalized spacial score (nSPS) is 34.5. The minimum Gasteiger partial charge on any atom is -0.481 e. The summed E-state index contributed by atoms with van der Waals surface area (Å²) in [6.07, 6.45) is 7.86. The second kappa shape index (κ2) is 7.09. The van der Waals surface area contributed by atoms with Crippen molar-refractivity contribution in [2.75, 3.05) is 6.61 Å². The molecule has 4 nitrogen and oxygen atoms in total. The maximum absolute atomic E-state index is 11.7. The van der Waals surface area contributed by atoms with Gasteiger partial charge in [0.05, 0.1) is 18.4 Å². The maximum atomic E-state index is 11.7. The molecule has 2 aliphatic carbocycles. The van der Waals surface area contributed by atoms with Gasteiger partial charge in [0.2, 0.25) is 0 Å². The Labute approximate surface area is 120 Å². The molecule has 0 saturated heterocycles. The van der Waals surface area contributed by atoms with Crippen LogP contribution >= 0.6 is 0 Å². The standard InChI is InChI=1S/C16H26O4/c1-2-20-16(19)14-9-5-12(6-10-14)11-3-7-13(8-4-11)15(17)18/h11-14H,2-10H2,1H3,(H,17,18). The number of carbonyl (C=O) groups excluding carboxylic acids is 1. The highest BCUT2D eigenvalue weighted by Crippen LogP contribution is 2.41. The molecule has 0 aromatic carbocycles. The van der Waals surface area contributed by atoms with E-state index in [2.05, 4.69) is 0 Å². The van der Waals surface area contributed by atoms with Crippen molar-refractivity contribution < 1.29 is 19.4 Å². The monoisotopic (exact) mass is 282 g/mol. The van der Waals surface area contributed by atoms with Crippen molar-refractivity contribution in [1.29, 1.82) is 0 Å². The van der Waals surface area contributed by atoms with Gasteiger partial charge in [-0.05, 0) is 70.1 Å². The van der Waals surface area contributed by atoms with Crippen LogP contribution in [0.2, 0.25) is 0 Å². The minimum absolute atomic E-state index is 0.0273. The molecule has 2 rings (SSSR count). The molecular formula is C16H26O4. The van der Waals surface area contributed by atoms with Crippen LogP contribution in [0.1, 0.15) is 58.3 Å². The summed E-state index contributed by atoms with van der Waals surface area (Å²) in [5.41, 5.74) is 0. The molecule has 2 fully saturated rings. The maximum Gasteiger partial charge on any atom is 0.308 e. The Balaban J connectivity index is 1.75. The van der Waals surface area contributed by atoms with Gasteiger partial charge >= 0.3 is 11.9 Å². The van der Waals surface area contributed by atoms with Gasteiger partial charge in [0, 0.05) is 0 Å². The van der Waals surface area contributed by atoms with Gasteiger partial charge in [-0.3, -0.25) is 9.59 Å². The number of carbonyl (C=O) groups is 2. The van der Waals surface area contributed by atoms with Gasteiger partial charge in [-0.15, -0.1) is 0 Å². The van der Waals surface area contributed by atoms with Gasteiger partial charge in [0.1, 0.15) is 0 Å². The summed E-state index contributed by atoms with van der Waals surface area (Å²) in [7, 11) is 0. The first-order chi connectivity index (χ1) is 9.61. The molecule has 20 heavy (non-hydrogen) atoms. The fraction of sp³-hybridized carbons (Fsp3) is 0.875. The van der Waals surface area contributed by atoms with Crippen LogP contribution < -0.4 is 0 Å². The zero-order valence-electron chi connectivity index (χ0n) is 12.3. The molecule has 0 aromatic rings. The molecule has 0 aromatic heterocycles. The lowest BCUT2D eigenvalue weighted by Crippen LogP contribution is -2.30. The van der Waals surface area contributed by atoms with E-state index in [1.54, 1.807) is 0 Å². The van der Waals surface area contributed by atoms with Gasteiger partial charge in [0.25, 0.3) is 0 Å². The molecule has 114 valence electrons. The molecular weight excluding hydrogens is 256 g/mol. The van der Waals surface area contributed by atoms with Crippen LogP contribution in [0.3, 0.4) is 0 Å². The predicted octanol–water partition coefficient (Wildman–Crippen LogP) is 3.25. The number of rotatable bonds is 4. The Hall–Kier alpha value is -1.06. The van der Waals surface area contributed by atoms with Gasteiger partial charge in [-0.25, -0.2) is 0 Å². The fourth-order valence-corrected chi connectivity index (χ4v) is 3.92. The van der Waals surface area contributed by atoms with E-state index in [9.17, 15) is 9.59 Å². The highest BCUT2D eigenvalue weighted by molar-refractivity contribution is 5.72. The van der Waals surface area contributed by atoms with Gasteiger partial charge in [0.15, 0.2) is 0 Å². The second-order valence-corrected chi connectivity index (χ2v) is 6.31. The van der Waals surface area contributed by atoms with Crippen LogP contribution in [0.25, 0.3) is 0 Å². The van der Waals surface area contributed by atoms with E-state index in [1.165, 1.54) is 0 Å². The molecule has 0 unspecified atom stereocenters. The number of hydrogen-bond donors (Lipinski definition) is 1. The van der Waals surface area contributed by atoms with E-state index in [0.29, 0.717) is 18.4 Å². The summed E-state index contributed by atoms with van der Waals surface area (Å²) in [5.74, 6) is 0.683. The Morgan fingerprint density at radius 3 is 1.75 bits per heavy atom. The lowest BCUT2D eigenvalue weighted by molar-refractivity contribution is -0.150. The first-order valence-corrected chi connectivity index (χ1v) is 8.01. The number of carboxylic acid groups (broad SMARTS) is 1. The lowest BCUT2D eigenvalue weighted by Gasteiger charge is -2.36. The van der Waals surface area contributed by atoms with E-state index >= 15 is 0 Å². The van der Waals surface area contributed by atoms with Gasteiger partial charge < -0.3 is 9.84 Å². The number of aliphatic carboxylic acids is 1. The highest BCUT2D eigenvalue weighted by Gasteiger charge is 2.34. The highest BCUT2D eigenvalue weighted by atomic mass is 16.5. The first kappa shape index (κ1) is 15.3. The zero-order valence-corrected chi connectivity index (χ0v) is 12.3. The van der Waals surface area contributed by atoms with Crippen molar-refractivity contribution in [2.24, 2.45) is 23.7 Å². The van der Waals surface area contributed by atoms with E-state index in [0.717, 1.165) is 51.4 Å². The molecule has 0 spiro atoms. The molecule has 0 amide bonds. The molecule has 2 aliphatic rings. The summed E-state index contributed by atoms with van der Waals surface area (Å²) in [6.45, 7) is 2.32. The molecule has 0 radical (unpaired) electrons. The molecule has 1 N–H and O–H groups in total. The van der Waals surface area contributed by atoms with E-state index in [1.807, 2.05) is 6.92 Å². The van der Waals surface area contributed by atoms with Crippen LogP contribution in [-0.2, 0) is 14.3 Å². The SMILES string of the molecule is CCOC(=O)C1CCC(C2CCC(C(=O)O)CC2)CC1. The quantitative estimate of drug-likeness (QED) is 0.804. The predicted molar refractivity (Wildman–Crippen MR) is 75.2 cm³/mol. The van der Waals surface area contributed by atoms with E-state index in [4.69, 9.17) is 9.84 Å². The average Bonchev–Trinajstić information content (AvgIpc) is 2.48. The van der Waals surface area contributed by atoms with Crippen molar-refractivity contribution in [3.05, 3.63) is 0 Å². The Morgan fingerprint density at radius 1 is 0.900 bits per heavy atom. The van der Waals surface area contributed by atoms with Crippen LogP contribution in [-0.4, -0.2) is 23.7 Å². The summed E-state index contributed by atoms with van der Waals surface area (Å²) >= 11 is 0.